The predicted octanol–water partition coefficient (Wildman–Crippen LogP) is 2.05. The van der Waals surface area contributed by atoms with Gasteiger partial charge in [-0.3, -0.25) is 13.9 Å². The molecule has 0 spiro atoms. The standard InChI is InChI=1S/C17H20ClN5O3/c1-3-7-23-16(24)13-15(22(17(23)25)8-4-9-26-2)21-14(20-13)11-5-6-12(18)19-10-11/h5-6,10H,3-4,7-9H2,1-2H3,(H,20,21). The number of halogens is 1. The van der Waals surface area contributed by atoms with Gasteiger partial charge in [0.1, 0.15) is 16.5 Å². The van der Waals surface area contributed by atoms with Gasteiger partial charge in [-0.1, -0.05) is 18.5 Å². The zero-order valence-corrected chi connectivity index (χ0v) is 15.4. The molecule has 1 N–H and O–H groups in total. The summed E-state index contributed by atoms with van der Waals surface area (Å²) in [5.41, 5.74) is 0.611. The van der Waals surface area contributed by atoms with Gasteiger partial charge in [-0.05, 0) is 25.0 Å². The molecule has 9 heteroatoms. The van der Waals surface area contributed by atoms with Crippen molar-refractivity contribution in [2.75, 3.05) is 13.7 Å². The Morgan fingerprint density at radius 1 is 1.23 bits per heavy atom. The van der Waals surface area contributed by atoms with Crippen LogP contribution in [0, 0.1) is 0 Å². The molecule has 0 aliphatic carbocycles. The second-order valence-corrected chi connectivity index (χ2v) is 6.28. The molecular weight excluding hydrogens is 358 g/mol. The van der Waals surface area contributed by atoms with Crippen LogP contribution >= 0.6 is 11.6 Å². The number of hydrogen-bond acceptors (Lipinski definition) is 5. The summed E-state index contributed by atoms with van der Waals surface area (Å²) in [7, 11) is 1.61. The number of aromatic amines is 1. The van der Waals surface area contributed by atoms with Gasteiger partial charge in [-0.15, -0.1) is 0 Å². The molecule has 0 atom stereocenters. The van der Waals surface area contributed by atoms with Crippen molar-refractivity contribution in [3.63, 3.8) is 0 Å². The summed E-state index contributed by atoms with van der Waals surface area (Å²) in [6.07, 6.45) is 2.89. The Morgan fingerprint density at radius 3 is 2.69 bits per heavy atom. The molecule has 8 nitrogen and oxygen atoms in total. The largest absolute Gasteiger partial charge is 0.385 e. The summed E-state index contributed by atoms with van der Waals surface area (Å²) < 4.78 is 7.84. The summed E-state index contributed by atoms with van der Waals surface area (Å²) in [6.45, 7) is 3.20. The minimum atomic E-state index is -0.365. The van der Waals surface area contributed by atoms with E-state index in [1.807, 2.05) is 6.92 Å². The highest BCUT2D eigenvalue weighted by atomic mass is 35.5. The lowest BCUT2D eigenvalue weighted by Crippen LogP contribution is -2.40. The first-order chi connectivity index (χ1) is 12.6. The average Bonchev–Trinajstić information content (AvgIpc) is 3.07. The number of imidazole rings is 1. The molecule has 0 unspecified atom stereocenters. The Kier molecular flexibility index (Phi) is 5.53. The summed E-state index contributed by atoms with van der Waals surface area (Å²) in [5, 5.41) is 0.367. The van der Waals surface area contributed by atoms with E-state index in [0.29, 0.717) is 60.2 Å². The minimum Gasteiger partial charge on any atom is -0.385 e. The highest BCUT2D eigenvalue weighted by Crippen LogP contribution is 2.19. The monoisotopic (exact) mass is 377 g/mol. The second kappa shape index (κ2) is 7.84. The third kappa shape index (κ3) is 3.42. The lowest BCUT2D eigenvalue weighted by Gasteiger charge is -2.10. The number of methoxy groups -OCH3 is 1. The first kappa shape index (κ1) is 18.3. The molecule has 0 saturated carbocycles. The maximum atomic E-state index is 12.8. The van der Waals surface area contributed by atoms with Gasteiger partial charge >= 0.3 is 5.69 Å². The van der Waals surface area contributed by atoms with E-state index in [0.717, 1.165) is 0 Å². The molecule has 3 aromatic heterocycles. The molecule has 0 amide bonds. The third-order valence-electron chi connectivity index (χ3n) is 4.04. The maximum Gasteiger partial charge on any atom is 0.332 e. The van der Waals surface area contributed by atoms with Crippen LogP contribution in [0.2, 0.25) is 5.15 Å². The van der Waals surface area contributed by atoms with E-state index in [1.54, 1.807) is 25.4 Å². The zero-order chi connectivity index (χ0) is 18.7. The number of nitrogens with one attached hydrogen (secondary N) is 1. The predicted molar refractivity (Wildman–Crippen MR) is 99.6 cm³/mol. The number of H-pyrrole nitrogens is 1. The van der Waals surface area contributed by atoms with Crippen molar-refractivity contribution in [3.8, 4) is 11.4 Å². The molecule has 0 saturated heterocycles. The van der Waals surface area contributed by atoms with Crippen LogP contribution in [0.4, 0.5) is 0 Å². The smallest absolute Gasteiger partial charge is 0.332 e. The molecule has 0 bridgehead atoms. The van der Waals surface area contributed by atoms with Crippen molar-refractivity contribution < 1.29 is 4.74 Å². The average molecular weight is 378 g/mol. The fourth-order valence-corrected chi connectivity index (χ4v) is 2.92. The van der Waals surface area contributed by atoms with Gasteiger partial charge in [0, 0.05) is 38.6 Å². The highest BCUT2D eigenvalue weighted by molar-refractivity contribution is 6.29. The van der Waals surface area contributed by atoms with Gasteiger partial charge in [0.2, 0.25) is 0 Å². The van der Waals surface area contributed by atoms with Gasteiger partial charge in [-0.25, -0.2) is 14.8 Å². The molecule has 3 rings (SSSR count). The number of rotatable bonds is 7. The summed E-state index contributed by atoms with van der Waals surface area (Å²) in [4.78, 5) is 37.1. The van der Waals surface area contributed by atoms with Crippen molar-refractivity contribution in [1.29, 1.82) is 0 Å². The Morgan fingerprint density at radius 2 is 2.04 bits per heavy atom. The van der Waals surface area contributed by atoms with Gasteiger partial charge in [-0.2, -0.15) is 0 Å². The SMILES string of the molecule is CCCn1c(=O)c2[nH]c(-c3ccc(Cl)nc3)nc2n(CCCOC)c1=O. The molecule has 0 aliphatic rings. The molecule has 138 valence electrons. The van der Waals surface area contributed by atoms with Crippen LogP contribution in [0.3, 0.4) is 0 Å². The molecule has 3 heterocycles. The lowest BCUT2D eigenvalue weighted by atomic mass is 10.3. The van der Waals surface area contributed by atoms with E-state index >= 15 is 0 Å². The van der Waals surface area contributed by atoms with Crippen LogP contribution in [0.15, 0.2) is 27.9 Å². The Labute approximate surface area is 154 Å². The number of aryl methyl sites for hydroxylation is 1. The highest BCUT2D eigenvalue weighted by Gasteiger charge is 2.17. The lowest BCUT2D eigenvalue weighted by molar-refractivity contribution is 0.190. The molecule has 0 fully saturated rings. The normalized spacial score (nSPS) is 11.3. The van der Waals surface area contributed by atoms with Gasteiger partial charge in [0.15, 0.2) is 5.65 Å². The van der Waals surface area contributed by atoms with Gasteiger partial charge < -0.3 is 9.72 Å². The topological polar surface area (TPSA) is 94.8 Å². The van der Waals surface area contributed by atoms with E-state index < -0.39 is 0 Å². The quantitative estimate of drug-likeness (QED) is 0.502. The Bertz CT molecular complexity index is 1020. The molecule has 26 heavy (non-hydrogen) atoms. The van der Waals surface area contributed by atoms with E-state index in [4.69, 9.17) is 16.3 Å². The van der Waals surface area contributed by atoms with Crippen LogP contribution in [0.1, 0.15) is 19.8 Å². The summed E-state index contributed by atoms with van der Waals surface area (Å²) in [5.74, 6) is 0.468. The van der Waals surface area contributed by atoms with E-state index in [9.17, 15) is 9.59 Å². The number of hydrogen-bond donors (Lipinski definition) is 1. The van der Waals surface area contributed by atoms with Crippen molar-refractivity contribution in [2.24, 2.45) is 0 Å². The van der Waals surface area contributed by atoms with Crippen LogP contribution in [0.5, 0.6) is 0 Å². The van der Waals surface area contributed by atoms with E-state index in [-0.39, 0.29) is 11.2 Å². The van der Waals surface area contributed by atoms with Crippen LogP contribution in [-0.2, 0) is 17.8 Å². The van der Waals surface area contributed by atoms with Crippen LogP contribution in [0.25, 0.3) is 22.6 Å². The van der Waals surface area contributed by atoms with E-state index in [2.05, 4.69) is 15.0 Å². The van der Waals surface area contributed by atoms with E-state index in [1.165, 1.54) is 9.13 Å². The van der Waals surface area contributed by atoms with Crippen LogP contribution < -0.4 is 11.2 Å². The molecule has 0 aliphatic heterocycles. The van der Waals surface area contributed by atoms with Gasteiger partial charge in [0.25, 0.3) is 5.56 Å². The minimum absolute atomic E-state index is 0.306. The van der Waals surface area contributed by atoms with Crippen molar-refractivity contribution in [2.45, 2.75) is 32.9 Å². The molecule has 3 aromatic rings. The number of aromatic nitrogens is 5. The molecule has 0 aromatic carbocycles. The second-order valence-electron chi connectivity index (χ2n) is 5.89. The fourth-order valence-electron chi connectivity index (χ4n) is 2.81. The first-order valence-corrected chi connectivity index (χ1v) is 8.78. The number of fused-ring (bicyclic) bond motifs is 1. The van der Waals surface area contributed by atoms with Crippen molar-refractivity contribution >= 4 is 22.8 Å². The molecular formula is C17H20ClN5O3. The first-order valence-electron chi connectivity index (χ1n) is 8.41. The van der Waals surface area contributed by atoms with Gasteiger partial charge in [0.05, 0.1) is 0 Å². The third-order valence-corrected chi connectivity index (χ3v) is 4.26. The number of ether oxygens (including phenoxy) is 1. The number of pyridine rings is 1. The zero-order valence-electron chi connectivity index (χ0n) is 14.7. The fraction of sp³-hybridized carbons (Fsp3) is 0.412. The van der Waals surface area contributed by atoms with Crippen molar-refractivity contribution in [1.82, 2.24) is 24.1 Å². The van der Waals surface area contributed by atoms with Crippen LogP contribution in [-0.4, -0.2) is 37.8 Å². The Balaban J connectivity index is 2.20. The summed E-state index contributed by atoms with van der Waals surface area (Å²) >= 11 is 5.82. The molecule has 0 radical (unpaired) electrons. The number of nitrogens with zero attached hydrogens (tertiary/aromatic N) is 4. The summed E-state index contributed by atoms with van der Waals surface area (Å²) in [6, 6.07) is 3.40. The maximum absolute atomic E-state index is 12.8. The van der Waals surface area contributed by atoms with Crippen molar-refractivity contribution in [3.05, 3.63) is 44.3 Å². The Hall–Kier alpha value is -2.45.